The van der Waals surface area contributed by atoms with E-state index in [0.29, 0.717) is 11.2 Å². The van der Waals surface area contributed by atoms with Crippen LogP contribution in [0, 0.1) is 53.3 Å². The second-order valence-electron chi connectivity index (χ2n) is 11.9. The molecule has 1 aromatic rings. The molecule has 4 saturated carbocycles. The molecule has 0 heterocycles. The highest BCUT2D eigenvalue weighted by molar-refractivity contribution is 5.98. The van der Waals surface area contributed by atoms with Gasteiger partial charge in [-0.1, -0.05) is 57.0 Å². The third kappa shape index (κ3) is 2.97. The third-order valence-electron chi connectivity index (χ3n) is 10.6. The van der Waals surface area contributed by atoms with Crippen molar-refractivity contribution in [3.8, 4) is 0 Å². The van der Waals surface area contributed by atoms with E-state index in [1.165, 1.54) is 56.9 Å². The molecule has 158 valence electrons. The Morgan fingerprint density at radius 1 is 0.862 bits per heavy atom. The van der Waals surface area contributed by atoms with Crippen molar-refractivity contribution < 1.29 is 4.79 Å². The fraction of sp³-hybridized carbons (Fsp3) is 0.750. The summed E-state index contributed by atoms with van der Waals surface area (Å²) in [6.07, 6.45) is 12.3. The van der Waals surface area contributed by atoms with Crippen LogP contribution in [0.25, 0.3) is 0 Å². The second kappa shape index (κ2) is 6.96. The number of benzene rings is 1. The number of hydrogen-bond donors (Lipinski definition) is 0. The van der Waals surface area contributed by atoms with Gasteiger partial charge in [-0.05, 0) is 98.7 Å². The molecule has 8 atom stereocenters. The number of ketones is 1. The van der Waals surface area contributed by atoms with Gasteiger partial charge in [0.2, 0.25) is 0 Å². The lowest BCUT2D eigenvalue weighted by atomic mass is 9.44. The maximum Gasteiger partial charge on any atom is 0.166 e. The lowest BCUT2D eigenvalue weighted by Gasteiger charge is -2.61. The number of fused-ring (bicyclic) bond motifs is 5. The first-order valence-corrected chi connectivity index (χ1v) is 12.4. The van der Waals surface area contributed by atoms with E-state index < -0.39 is 0 Å². The lowest BCUT2D eigenvalue weighted by molar-refractivity contribution is -0.114. The van der Waals surface area contributed by atoms with E-state index in [1.807, 2.05) is 0 Å². The van der Waals surface area contributed by atoms with E-state index in [-0.39, 0.29) is 11.3 Å². The third-order valence-corrected chi connectivity index (χ3v) is 10.6. The summed E-state index contributed by atoms with van der Waals surface area (Å²) < 4.78 is 0. The lowest BCUT2D eigenvalue weighted by Crippen LogP contribution is -2.53. The molecule has 5 rings (SSSR count). The molecule has 4 aliphatic rings. The average molecular weight is 393 g/mol. The highest BCUT2D eigenvalue weighted by Gasteiger charge is 2.61. The highest BCUT2D eigenvalue weighted by Crippen LogP contribution is 2.68. The first-order chi connectivity index (χ1) is 13.8. The Hall–Kier alpha value is -1.11. The molecule has 29 heavy (non-hydrogen) atoms. The van der Waals surface area contributed by atoms with Crippen molar-refractivity contribution in [3.63, 3.8) is 0 Å². The van der Waals surface area contributed by atoms with Gasteiger partial charge in [0.1, 0.15) is 0 Å². The van der Waals surface area contributed by atoms with E-state index in [0.717, 1.165) is 41.6 Å². The number of carbonyl (C=O) groups excluding carboxylic acids is 1. The molecular formula is C28H40O. The van der Waals surface area contributed by atoms with Crippen molar-refractivity contribution >= 4 is 5.78 Å². The van der Waals surface area contributed by atoms with Gasteiger partial charge in [-0.25, -0.2) is 0 Å². The number of aryl methyl sites for hydroxylation is 1. The van der Waals surface area contributed by atoms with Crippen LogP contribution in [0.1, 0.15) is 94.5 Å². The second-order valence-corrected chi connectivity index (χ2v) is 11.9. The first kappa shape index (κ1) is 19.8. The molecule has 7 unspecified atom stereocenters. The predicted octanol–water partition coefficient (Wildman–Crippen LogP) is 7.47. The largest absolute Gasteiger partial charge is 0.294 e. The molecule has 0 amide bonds. The zero-order valence-corrected chi connectivity index (χ0v) is 19.0. The molecule has 4 fully saturated rings. The van der Waals surface area contributed by atoms with E-state index in [2.05, 4.69) is 52.0 Å². The molecule has 0 spiro atoms. The van der Waals surface area contributed by atoms with Crippen molar-refractivity contribution in [3.05, 3.63) is 35.4 Å². The zero-order chi connectivity index (χ0) is 20.4. The van der Waals surface area contributed by atoms with Crippen molar-refractivity contribution in [2.24, 2.45) is 46.3 Å². The van der Waals surface area contributed by atoms with Gasteiger partial charge in [0.15, 0.2) is 5.78 Å². The summed E-state index contributed by atoms with van der Waals surface area (Å²) in [6, 6.07) is 8.33. The Morgan fingerprint density at radius 3 is 2.31 bits per heavy atom. The summed E-state index contributed by atoms with van der Waals surface area (Å²) in [5, 5.41) is 0. The van der Waals surface area contributed by atoms with Crippen LogP contribution in [0.3, 0.4) is 0 Å². The van der Waals surface area contributed by atoms with Gasteiger partial charge < -0.3 is 0 Å². The Labute approximate surface area is 178 Å². The minimum absolute atomic E-state index is 0.230. The number of hydrogen-bond acceptors (Lipinski definition) is 1. The van der Waals surface area contributed by atoms with Crippen molar-refractivity contribution in [2.45, 2.75) is 85.5 Å². The summed E-state index contributed by atoms with van der Waals surface area (Å²) in [6.45, 7) is 9.73. The highest BCUT2D eigenvalue weighted by atomic mass is 16.1. The van der Waals surface area contributed by atoms with Crippen LogP contribution in [-0.4, -0.2) is 5.78 Å². The Bertz CT molecular complexity index is 778. The van der Waals surface area contributed by atoms with E-state index >= 15 is 0 Å². The van der Waals surface area contributed by atoms with E-state index in [1.54, 1.807) is 0 Å². The smallest absolute Gasteiger partial charge is 0.166 e. The topological polar surface area (TPSA) is 17.1 Å². The first-order valence-electron chi connectivity index (χ1n) is 12.4. The van der Waals surface area contributed by atoms with Gasteiger partial charge in [0.05, 0.1) is 0 Å². The van der Waals surface area contributed by atoms with E-state index in [9.17, 15) is 4.79 Å². The van der Waals surface area contributed by atoms with Crippen molar-refractivity contribution in [2.75, 3.05) is 0 Å². The molecular weight excluding hydrogens is 352 g/mol. The molecule has 1 aromatic carbocycles. The molecule has 0 saturated heterocycles. The van der Waals surface area contributed by atoms with Crippen LogP contribution < -0.4 is 0 Å². The maximum atomic E-state index is 13.5. The summed E-state index contributed by atoms with van der Waals surface area (Å²) in [5.41, 5.74) is 3.00. The predicted molar refractivity (Wildman–Crippen MR) is 120 cm³/mol. The summed E-state index contributed by atoms with van der Waals surface area (Å²) in [5.74, 6) is 5.13. The maximum absolute atomic E-state index is 13.5. The van der Waals surface area contributed by atoms with Gasteiger partial charge in [-0.3, -0.25) is 4.79 Å². The number of Topliss-reactive ketones (excluding diaryl/α,β-unsaturated/α-hetero) is 1. The van der Waals surface area contributed by atoms with Crippen LogP contribution >= 0.6 is 0 Å². The van der Waals surface area contributed by atoms with Crippen molar-refractivity contribution in [1.29, 1.82) is 0 Å². The van der Waals surface area contributed by atoms with Gasteiger partial charge in [0.25, 0.3) is 0 Å². The normalized spacial score (nSPS) is 46.5. The van der Waals surface area contributed by atoms with Crippen LogP contribution in [0.15, 0.2) is 24.3 Å². The Morgan fingerprint density at radius 2 is 1.55 bits per heavy atom. The van der Waals surface area contributed by atoms with Gasteiger partial charge in [-0.15, -0.1) is 0 Å². The van der Waals surface area contributed by atoms with Crippen LogP contribution in [0.5, 0.6) is 0 Å². The monoisotopic (exact) mass is 392 g/mol. The van der Waals surface area contributed by atoms with Gasteiger partial charge >= 0.3 is 0 Å². The summed E-state index contributed by atoms with van der Waals surface area (Å²) >= 11 is 0. The molecule has 1 nitrogen and oxygen atoms in total. The summed E-state index contributed by atoms with van der Waals surface area (Å²) in [7, 11) is 0. The molecule has 4 aliphatic carbocycles. The summed E-state index contributed by atoms with van der Waals surface area (Å²) in [4.78, 5) is 13.5. The Kier molecular flexibility index (Phi) is 4.76. The fourth-order valence-electron chi connectivity index (χ4n) is 8.82. The quantitative estimate of drug-likeness (QED) is 0.477. The van der Waals surface area contributed by atoms with Crippen molar-refractivity contribution in [1.82, 2.24) is 0 Å². The van der Waals surface area contributed by atoms with Crippen LogP contribution in [-0.2, 0) is 0 Å². The molecule has 0 radical (unpaired) electrons. The van der Waals surface area contributed by atoms with Crippen LogP contribution in [0.2, 0.25) is 0 Å². The molecule has 0 aliphatic heterocycles. The Balaban J connectivity index is 1.40. The molecule has 1 heteroatoms. The van der Waals surface area contributed by atoms with E-state index in [4.69, 9.17) is 0 Å². The average Bonchev–Trinajstić information content (AvgIpc) is 3.06. The zero-order valence-electron chi connectivity index (χ0n) is 19.0. The SMILES string of the molecule is Cc1ccc(C(=O)[C@H]2CCC3C4CCC5CC(C)CCC5(C)C4CCC32C)cc1. The fourth-order valence-corrected chi connectivity index (χ4v) is 8.82. The number of carbonyl (C=O) groups is 1. The van der Waals surface area contributed by atoms with Crippen LogP contribution in [0.4, 0.5) is 0 Å². The minimum Gasteiger partial charge on any atom is -0.294 e. The molecule has 0 N–H and O–H groups in total. The minimum atomic E-state index is 0.230. The van der Waals surface area contributed by atoms with Gasteiger partial charge in [0, 0.05) is 11.5 Å². The van der Waals surface area contributed by atoms with Gasteiger partial charge in [-0.2, -0.15) is 0 Å². The standard InChI is InChI=1S/C28H40O/c1-18-5-7-20(8-6-18)26(29)25-12-11-23-22-10-9-21-17-19(2)13-15-27(21,3)24(22)14-16-28(23,25)4/h5-8,19,21-25H,9-17H2,1-4H3/t19?,21?,22?,23?,24?,25-,27?,28?/m1/s1. The molecule has 0 aromatic heterocycles. The number of rotatable bonds is 2. The molecule has 0 bridgehead atoms.